The Balaban J connectivity index is 2.22. The van der Waals surface area contributed by atoms with Crippen molar-refractivity contribution in [1.82, 2.24) is 5.43 Å². The van der Waals surface area contributed by atoms with Crippen molar-refractivity contribution in [2.45, 2.75) is 26.4 Å². The Morgan fingerprint density at radius 3 is 3.10 bits per heavy atom. The monoisotopic (exact) mass is 278 g/mol. The maximum absolute atomic E-state index is 10.9. The van der Waals surface area contributed by atoms with Crippen molar-refractivity contribution in [2.24, 2.45) is 5.10 Å². The molecule has 0 spiro atoms. The van der Waals surface area contributed by atoms with E-state index in [-0.39, 0.29) is 6.10 Å². The SMILES string of the molecule is CCOc1cc2c(cc1/C=N\NC(=O)OC)O[C@@H](C)C2. The van der Waals surface area contributed by atoms with Gasteiger partial charge in [-0.2, -0.15) is 5.10 Å². The summed E-state index contributed by atoms with van der Waals surface area (Å²) in [5, 5.41) is 3.81. The molecule has 0 fully saturated rings. The molecule has 0 unspecified atom stereocenters. The third-order valence-electron chi connectivity index (χ3n) is 2.87. The van der Waals surface area contributed by atoms with Crippen molar-refractivity contribution in [1.29, 1.82) is 0 Å². The number of hydrogen-bond acceptors (Lipinski definition) is 5. The van der Waals surface area contributed by atoms with Gasteiger partial charge in [-0.15, -0.1) is 0 Å². The van der Waals surface area contributed by atoms with Crippen LogP contribution < -0.4 is 14.9 Å². The Bertz CT molecular complexity index is 528. The van der Waals surface area contributed by atoms with Gasteiger partial charge >= 0.3 is 6.09 Å². The van der Waals surface area contributed by atoms with Gasteiger partial charge in [0.1, 0.15) is 17.6 Å². The van der Waals surface area contributed by atoms with Gasteiger partial charge in [-0.1, -0.05) is 0 Å². The molecule has 1 amide bonds. The number of hydrazone groups is 1. The van der Waals surface area contributed by atoms with Crippen molar-refractivity contribution in [3.05, 3.63) is 23.3 Å². The lowest BCUT2D eigenvalue weighted by Gasteiger charge is -2.09. The summed E-state index contributed by atoms with van der Waals surface area (Å²) in [7, 11) is 1.28. The average molecular weight is 278 g/mol. The lowest BCUT2D eigenvalue weighted by molar-refractivity contribution is 0.171. The maximum atomic E-state index is 10.9. The van der Waals surface area contributed by atoms with Gasteiger partial charge < -0.3 is 14.2 Å². The summed E-state index contributed by atoms with van der Waals surface area (Å²) < 4.78 is 15.7. The van der Waals surface area contributed by atoms with Gasteiger partial charge in [0.05, 0.1) is 19.9 Å². The van der Waals surface area contributed by atoms with Crippen molar-refractivity contribution in [3.8, 4) is 11.5 Å². The highest BCUT2D eigenvalue weighted by Crippen LogP contribution is 2.34. The summed E-state index contributed by atoms with van der Waals surface area (Å²) in [6.45, 7) is 4.49. The van der Waals surface area contributed by atoms with E-state index in [1.165, 1.54) is 13.3 Å². The summed E-state index contributed by atoms with van der Waals surface area (Å²) in [5.74, 6) is 1.56. The standard InChI is InChI=1S/C14H18N2O4/c1-4-19-12-6-10-5-9(2)20-13(10)7-11(12)8-15-16-14(17)18-3/h6-9H,4-5H2,1-3H3,(H,16,17)/b15-8-/t9-/m0/s1. The summed E-state index contributed by atoms with van der Waals surface area (Å²) in [6, 6.07) is 3.83. The molecule has 20 heavy (non-hydrogen) atoms. The van der Waals surface area contributed by atoms with E-state index >= 15 is 0 Å². The summed E-state index contributed by atoms with van der Waals surface area (Å²) in [6.07, 6.45) is 1.92. The fourth-order valence-electron chi connectivity index (χ4n) is 2.04. The first-order chi connectivity index (χ1) is 9.63. The number of fused-ring (bicyclic) bond motifs is 1. The molecule has 0 saturated heterocycles. The van der Waals surface area contributed by atoms with Crippen molar-refractivity contribution >= 4 is 12.3 Å². The van der Waals surface area contributed by atoms with Crippen molar-refractivity contribution in [2.75, 3.05) is 13.7 Å². The minimum absolute atomic E-state index is 0.167. The fourth-order valence-corrected chi connectivity index (χ4v) is 2.04. The van der Waals surface area contributed by atoms with Crippen LogP contribution in [0.3, 0.4) is 0 Å². The van der Waals surface area contributed by atoms with Crippen molar-refractivity contribution < 1.29 is 19.0 Å². The first kappa shape index (κ1) is 14.2. The van der Waals surface area contributed by atoms with E-state index in [1.807, 2.05) is 26.0 Å². The molecule has 1 aliphatic rings. The van der Waals surface area contributed by atoms with E-state index in [1.54, 1.807) is 0 Å². The highest BCUT2D eigenvalue weighted by atomic mass is 16.5. The van der Waals surface area contributed by atoms with Gasteiger partial charge in [0, 0.05) is 17.5 Å². The number of amides is 1. The highest BCUT2D eigenvalue weighted by Gasteiger charge is 2.21. The van der Waals surface area contributed by atoms with Gasteiger partial charge in [0.15, 0.2) is 0 Å². The van der Waals surface area contributed by atoms with E-state index < -0.39 is 6.09 Å². The number of nitrogens with zero attached hydrogens (tertiary/aromatic N) is 1. The molecule has 2 rings (SSSR count). The van der Waals surface area contributed by atoms with Crippen molar-refractivity contribution in [3.63, 3.8) is 0 Å². The van der Waals surface area contributed by atoms with Gasteiger partial charge in [0.2, 0.25) is 0 Å². The molecule has 1 heterocycles. The number of nitrogens with one attached hydrogen (secondary N) is 1. The van der Waals surface area contributed by atoms with Crippen LogP contribution in [0.5, 0.6) is 11.5 Å². The number of carbonyl (C=O) groups excluding carboxylic acids is 1. The van der Waals surface area contributed by atoms with E-state index in [4.69, 9.17) is 9.47 Å². The van der Waals surface area contributed by atoms with Crippen LogP contribution in [0, 0.1) is 0 Å². The quantitative estimate of drug-likeness (QED) is 0.676. The van der Waals surface area contributed by atoms with Gasteiger partial charge in [-0.3, -0.25) is 0 Å². The molecule has 0 saturated carbocycles. The fraction of sp³-hybridized carbons (Fsp3) is 0.429. The molecule has 0 bridgehead atoms. The zero-order chi connectivity index (χ0) is 14.5. The predicted octanol–water partition coefficient (Wildman–Crippen LogP) is 2.10. The number of carbonyl (C=O) groups is 1. The van der Waals surface area contributed by atoms with E-state index in [0.717, 1.165) is 29.0 Å². The summed E-state index contributed by atoms with van der Waals surface area (Å²) >= 11 is 0. The molecule has 1 N–H and O–H groups in total. The second-order valence-electron chi connectivity index (χ2n) is 4.42. The van der Waals surface area contributed by atoms with E-state index in [0.29, 0.717) is 6.61 Å². The van der Waals surface area contributed by atoms with Crippen LogP contribution in [0.25, 0.3) is 0 Å². The molecule has 1 atom stereocenters. The molecule has 0 aliphatic carbocycles. The lowest BCUT2D eigenvalue weighted by Crippen LogP contribution is -2.16. The number of ether oxygens (including phenoxy) is 3. The molecular weight excluding hydrogens is 260 g/mol. The van der Waals surface area contributed by atoms with Crippen LogP contribution in [0.15, 0.2) is 17.2 Å². The smallest absolute Gasteiger partial charge is 0.427 e. The highest BCUT2D eigenvalue weighted by molar-refractivity contribution is 5.85. The number of rotatable bonds is 4. The Morgan fingerprint density at radius 1 is 1.60 bits per heavy atom. The largest absolute Gasteiger partial charge is 0.493 e. The number of benzene rings is 1. The molecule has 0 aromatic heterocycles. The molecular formula is C14H18N2O4. The minimum atomic E-state index is -0.620. The minimum Gasteiger partial charge on any atom is -0.493 e. The van der Waals surface area contributed by atoms with Crippen LogP contribution >= 0.6 is 0 Å². The normalized spacial score (nSPS) is 16.6. The Kier molecular flexibility index (Phi) is 4.45. The molecule has 1 aromatic rings. The number of methoxy groups -OCH3 is 1. The first-order valence-electron chi connectivity index (χ1n) is 6.47. The zero-order valence-electron chi connectivity index (χ0n) is 11.8. The van der Waals surface area contributed by atoms with Gasteiger partial charge in [-0.05, 0) is 26.0 Å². The topological polar surface area (TPSA) is 69.2 Å². The van der Waals surface area contributed by atoms with Crippen LogP contribution in [0.4, 0.5) is 4.79 Å². The Labute approximate surface area is 117 Å². The second kappa shape index (κ2) is 6.27. The Morgan fingerprint density at radius 2 is 2.40 bits per heavy atom. The molecule has 108 valence electrons. The predicted molar refractivity (Wildman–Crippen MR) is 74.5 cm³/mol. The van der Waals surface area contributed by atoms with Crippen LogP contribution in [0.2, 0.25) is 0 Å². The third kappa shape index (κ3) is 3.20. The third-order valence-corrected chi connectivity index (χ3v) is 2.87. The summed E-state index contributed by atoms with van der Waals surface area (Å²) in [5.41, 5.74) is 4.11. The lowest BCUT2D eigenvalue weighted by atomic mass is 10.1. The second-order valence-corrected chi connectivity index (χ2v) is 4.42. The molecule has 1 aromatic carbocycles. The van der Waals surface area contributed by atoms with E-state index in [2.05, 4.69) is 15.3 Å². The summed E-state index contributed by atoms with van der Waals surface area (Å²) in [4.78, 5) is 10.9. The first-order valence-corrected chi connectivity index (χ1v) is 6.47. The molecule has 1 aliphatic heterocycles. The van der Waals surface area contributed by atoms with Crippen LogP contribution in [-0.2, 0) is 11.2 Å². The zero-order valence-corrected chi connectivity index (χ0v) is 11.8. The average Bonchev–Trinajstić information content (AvgIpc) is 2.78. The van der Waals surface area contributed by atoms with E-state index in [9.17, 15) is 4.79 Å². The molecule has 6 heteroatoms. The molecule has 6 nitrogen and oxygen atoms in total. The van der Waals surface area contributed by atoms with Crippen LogP contribution in [0.1, 0.15) is 25.0 Å². The maximum Gasteiger partial charge on any atom is 0.427 e. The van der Waals surface area contributed by atoms with Gasteiger partial charge in [-0.25, -0.2) is 10.2 Å². The molecule has 0 radical (unpaired) electrons. The number of hydrogen-bond donors (Lipinski definition) is 1. The van der Waals surface area contributed by atoms with Crippen LogP contribution in [-0.4, -0.2) is 32.1 Å². The van der Waals surface area contributed by atoms with Gasteiger partial charge in [0.25, 0.3) is 0 Å². The Hall–Kier alpha value is -2.24.